The van der Waals surface area contributed by atoms with Crippen LogP contribution < -0.4 is 5.01 Å². The molecular formula is C21H16ClN3O3. The van der Waals surface area contributed by atoms with Crippen molar-refractivity contribution in [1.29, 1.82) is 5.26 Å². The van der Waals surface area contributed by atoms with Crippen molar-refractivity contribution in [2.24, 2.45) is 11.0 Å². The van der Waals surface area contributed by atoms with E-state index in [1.165, 1.54) is 11.1 Å². The summed E-state index contributed by atoms with van der Waals surface area (Å²) >= 11 is 5.88. The Morgan fingerprint density at radius 3 is 2.46 bits per heavy atom. The molecule has 0 saturated carbocycles. The molecule has 3 rings (SSSR count). The number of amides is 1. The molecule has 1 aliphatic heterocycles. The Balaban J connectivity index is 1.83. The van der Waals surface area contributed by atoms with Gasteiger partial charge in [0.05, 0.1) is 23.2 Å². The molecule has 0 spiro atoms. The van der Waals surface area contributed by atoms with Crippen LogP contribution in [-0.4, -0.2) is 22.7 Å². The lowest BCUT2D eigenvalue weighted by Gasteiger charge is -2.14. The molecule has 28 heavy (non-hydrogen) atoms. The molecule has 1 atom stereocenters. The van der Waals surface area contributed by atoms with Crippen molar-refractivity contribution < 1.29 is 14.7 Å². The van der Waals surface area contributed by atoms with Crippen molar-refractivity contribution >= 4 is 41.0 Å². The molecule has 2 aromatic rings. The Morgan fingerprint density at radius 1 is 1.25 bits per heavy atom. The molecule has 1 unspecified atom stereocenters. The van der Waals surface area contributed by atoms with Crippen LogP contribution in [0.15, 0.2) is 59.2 Å². The Morgan fingerprint density at radius 2 is 1.89 bits per heavy atom. The van der Waals surface area contributed by atoms with E-state index in [-0.39, 0.29) is 17.9 Å². The Bertz CT molecular complexity index is 1020. The minimum atomic E-state index is -1.10. The van der Waals surface area contributed by atoms with E-state index in [1.807, 2.05) is 6.07 Å². The van der Waals surface area contributed by atoms with Gasteiger partial charge in [0.1, 0.15) is 0 Å². The van der Waals surface area contributed by atoms with Crippen molar-refractivity contribution in [3.05, 3.63) is 70.3 Å². The first-order valence-corrected chi connectivity index (χ1v) is 8.85. The number of hydrogen-bond acceptors (Lipinski definition) is 4. The van der Waals surface area contributed by atoms with Crippen LogP contribution in [0.2, 0.25) is 5.02 Å². The molecule has 0 fully saturated rings. The fourth-order valence-electron chi connectivity index (χ4n) is 2.89. The van der Waals surface area contributed by atoms with Gasteiger partial charge in [-0.2, -0.15) is 10.4 Å². The Labute approximate surface area is 167 Å². The van der Waals surface area contributed by atoms with E-state index in [0.717, 1.165) is 0 Å². The lowest BCUT2D eigenvalue weighted by atomic mass is 9.94. The van der Waals surface area contributed by atoms with E-state index in [9.17, 15) is 14.7 Å². The van der Waals surface area contributed by atoms with Gasteiger partial charge in [0.2, 0.25) is 0 Å². The third-order valence-electron chi connectivity index (χ3n) is 4.42. The lowest BCUT2D eigenvalue weighted by Crippen LogP contribution is -2.28. The lowest BCUT2D eigenvalue weighted by molar-refractivity contribution is -0.132. The highest BCUT2D eigenvalue weighted by Crippen LogP contribution is 2.29. The van der Waals surface area contributed by atoms with Crippen molar-refractivity contribution in [1.82, 2.24) is 0 Å². The number of halogens is 1. The number of carbonyl (C=O) groups is 2. The summed E-state index contributed by atoms with van der Waals surface area (Å²) in [5.74, 6) is -2.04. The van der Waals surface area contributed by atoms with Crippen molar-refractivity contribution in [2.45, 2.75) is 13.3 Å². The van der Waals surface area contributed by atoms with Gasteiger partial charge in [-0.3, -0.25) is 4.79 Å². The molecule has 0 saturated heterocycles. The fraction of sp³-hybridized carbons (Fsp3) is 0.143. The maximum Gasteiger partial charge on any atom is 0.331 e. The second kappa shape index (κ2) is 8.07. The minimum absolute atomic E-state index is 0.0214. The number of hydrazone groups is 1. The summed E-state index contributed by atoms with van der Waals surface area (Å²) < 4.78 is 0. The van der Waals surface area contributed by atoms with E-state index in [4.69, 9.17) is 16.9 Å². The van der Waals surface area contributed by atoms with Gasteiger partial charge in [-0.15, -0.1) is 0 Å². The molecule has 1 heterocycles. The summed E-state index contributed by atoms with van der Waals surface area (Å²) in [7, 11) is 0. The molecule has 7 heteroatoms. The van der Waals surface area contributed by atoms with E-state index in [1.54, 1.807) is 55.5 Å². The van der Waals surface area contributed by atoms with E-state index < -0.39 is 11.9 Å². The number of nitriles is 1. The van der Waals surface area contributed by atoms with Crippen LogP contribution in [0.5, 0.6) is 0 Å². The van der Waals surface area contributed by atoms with Gasteiger partial charge in [0.25, 0.3) is 5.91 Å². The number of anilines is 1. The van der Waals surface area contributed by atoms with Crippen LogP contribution in [0.4, 0.5) is 5.69 Å². The zero-order valence-electron chi connectivity index (χ0n) is 15.0. The number of nitrogens with zero attached hydrogens (tertiary/aromatic N) is 3. The first kappa shape index (κ1) is 19.3. The summed E-state index contributed by atoms with van der Waals surface area (Å²) in [5, 5.41) is 24.6. The fourth-order valence-corrected chi connectivity index (χ4v) is 3.01. The normalized spacial score (nSPS) is 16.7. The monoisotopic (exact) mass is 393 g/mol. The quantitative estimate of drug-likeness (QED) is 0.773. The van der Waals surface area contributed by atoms with Gasteiger partial charge in [-0.25, -0.2) is 9.80 Å². The largest absolute Gasteiger partial charge is 0.478 e. The van der Waals surface area contributed by atoms with Crippen molar-refractivity contribution in [3.63, 3.8) is 0 Å². The molecule has 1 aliphatic rings. The number of carbonyl (C=O) groups excluding carboxylic acids is 1. The number of hydrogen-bond donors (Lipinski definition) is 1. The van der Waals surface area contributed by atoms with Crippen LogP contribution in [0.3, 0.4) is 0 Å². The van der Waals surface area contributed by atoms with Gasteiger partial charge in [-0.1, -0.05) is 23.7 Å². The van der Waals surface area contributed by atoms with Crippen LogP contribution in [-0.2, 0) is 9.59 Å². The maximum absolute atomic E-state index is 12.8. The zero-order chi connectivity index (χ0) is 20.3. The average molecular weight is 394 g/mol. The van der Waals surface area contributed by atoms with Crippen LogP contribution in [0.1, 0.15) is 24.5 Å². The molecule has 2 aromatic carbocycles. The first-order valence-electron chi connectivity index (χ1n) is 8.47. The molecular weight excluding hydrogens is 378 g/mol. The van der Waals surface area contributed by atoms with Crippen molar-refractivity contribution in [3.8, 4) is 6.07 Å². The van der Waals surface area contributed by atoms with E-state index in [0.29, 0.717) is 27.5 Å². The molecule has 1 amide bonds. The second-order valence-corrected chi connectivity index (χ2v) is 6.77. The topological polar surface area (TPSA) is 93.8 Å². The standard InChI is InChI=1S/C21H16ClN3O3/c1-13-19(20(26)25(24-13)18-8-6-17(22)7-9-18)11-16(21(27)28)10-14-2-4-15(12-23)5-3-14/h2-10,19H,11H2,1H3,(H,27,28). The third kappa shape index (κ3) is 4.11. The Hall–Kier alpha value is -3.43. The number of carboxylic acids is 1. The van der Waals surface area contributed by atoms with Gasteiger partial charge in [0.15, 0.2) is 0 Å². The second-order valence-electron chi connectivity index (χ2n) is 6.33. The van der Waals surface area contributed by atoms with Gasteiger partial charge >= 0.3 is 5.97 Å². The molecule has 0 bridgehead atoms. The summed E-state index contributed by atoms with van der Waals surface area (Å²) in [5.41, 5.74) is 2.35. The minimum Gasteiger partial charge on any atom is -0.478 e. The summed E-state index contributed by atoms with van der Waals surface area (Å²) in [6.07, 6.45) is 1.53. The van der Waals surface area contributed by atoms with E-state index >= 15 is 0 Å². The van der Waals surface area contributed by atoms with Crippen molar-refractivity contribution in [2.75, 3.05) is 5.01 Å². The van der Waals surface area contributed by atoms with E-state index in [2.05, 4.69) is 5.10 Å². The first-order chi connectivity index (χ1) is 13.4. The maximum atomic E-state index is 12.8. The summed E-state index contributed by atoms with van der Waals surface area (Å²) in [4.78, 5) is 24.5. The molecule has 140 valence electrons. The summed E-state index contributed by atoms with van der Waals surface area (Å²) in [6.45, 7) is 1.71. The average Bonchev–Trinajstić information content (AvgIpc) is 2.96. The molecule has 1 N–H and O–H groups in total. The smallest absolute Gasteiger partial charge is 0.331 e. The highest BCUT2D eigenvalue weighted by atomic mass is 35.5. The number of aliphatic carboxylic acids is 1. The van der Waals surface area contributed by atoms with Crippen LogP contribution >= 0.6 is 11.6 Å². The van der Waals surface area contributed by atoms with Gasteiger partial charge < -0.3 is 5.11 Å². The number of carboxylic acid groups (broad SMARTS) is 1. The Kier molecular flexibility index (Phi) is 5.57. The number of benzene rings is 2. The van der Waals surface area contributed by atoms with Crippen LogP contribution in [0, 0.1) is 17.2 Å². The molecule has 0 radical (unpaired) electrons. The SMILES string of the molecule is CC1=NN(c2ccc(Cl)cc2)C(=O)C1CC(=Cc1ccc(C#N)cc1)C(=O)O. The molecule has 0 aliphatic carbocycles. The van der Waals surface area contributed by atoms with Gasteiger partial charge in [0, 0.05) is 16.3 Å². The van der Waals surface area contributed by atoms with Gasteiger partial charge in [-0.05, 0) is 61.4 Å². The zero-order valence-corrected chi connectivity index (χ0v) is 15.7. The van der Waals surface area contributed by atoms with Crippen LogP contribution in [0.25, 0.3) is 6.08 Å². The predicted octanol–water partition coefficient (Wildman–Crippen LogP) is 4.11. The number of rotatable bonds is 5. The predicted molar refractivity (Wildman–Crippen MR) is 107 cm³/mol. The highest BCUT2D eigenvalue weighted by molar-refractivity contribution is 6.30. The molecule has 6 nitrogen and oxygen atoms in total. The highest BCUT2D eigenvalue weighted by Gasteiger charge is 2.35. The molecule has 0 aromatic heterocycles. The summed E-state index contributed by atoms with van der Waals surface area (Å²) in [6, 6.07) is 15.3. The third-order valence-corrected chi connectivity index (χ3v) is 4.67.